The fraction of sp³-hybridized carbons (Fsp3) is 0.467. The molecule has 2 fully saturated rings. The minimum absolute atomic E-state index is 0.372. The summed E-state index contributed by atoms with van der Waals surface area (Å²) in [5.41, 5.74) is 14.7. The van der Waals surface area contributed by atoms with Gasteiger partial charge in [0.25, 0.3) is 0 Å². The number of rotatable bonds is 9. The molecule has 1 aromatic heterocycles. The Balaban J connectivity index is 0.000000876. The summed E-state index contributed by atoms with van der Waals surface area (Å²) in [5.74, 6) is 6.46. The molecule has 8 N–H and O–H groups in total. The van der Waals surface area contributed by atoms with Crippen LogP contribution in [0.4, 0.5) is 5.69 Å². The maximum Gasteiger partial charge on any atom is 0.121 e. The van der Waals surface area contributed by atoms with Gasteiger partial charge < -0.3 is 31.2 Å². The Morgan fingerprint density at radius 2 is 1.75 bits per heavy atom. The van der Waals surface area contributed by atoms with Crippen LogP contribution in [-0.2, 0) is 0 Å². The predicted octanol–water partition coefficient (Wildman–Crippen LogP) is 4.54. The third-order valence-corrected chi connectivity index (χ3v) is 6.97. The number of hydrazone groups is 1. The van der Waals surface area contributed by atoms with Crippen molar-refractivity contribution in [2.45, 2.75) is 64.5 Å². The van der Waals surface area contributed by atoms with E-state index < -0.39 is 0 Å². The van der Waals surface area contributed by atoms with Gasteiger partial charge in [-0.3, -0.25) is 0 Å². The molecule has 218 valence electrons. The van der Waals surface area contributed by atoms with Crippen molar-refractivity contribution in [1.82, 2.24) is 9.69 Å². The molecule has 2 saturated carbocycles. The standard InChI is InChI=1S/C26H31N7O.C2H6.CH5N.CH4O/c27-16-24-23-12-11-22(34-14-13-32(29)30-17-28)15-25(23)33(21-5-2-6-21)26(24)18-7-9-20(10-8-18)31-19-3-1-4-19;3*1-2/h7-12,15,17,19,21,31H,1-6,13-14,29H2,(H2,28,30);1-2H3;2H2,1H3;2H,1H3. The number of nitrogens with one attached hydrogen (secondary N) is 1. The molecule has 0 amide bonds. The van der Waals surface area contributed by atoms with Crippen molar-refractivity contribution in [2.75, 3.05) is 32.6 Å². The Labute approximate surface area is 238 Å². The average molecular weight is 551 g/mol. The Bertz CT molecular complexity index is 1230. The van der Waals surface area contributed by atoms with Crippen LogP contribution in [0.2, 0.25) is 0 Å². The Hall–Kier alpha value is -3.78. The summed E-state index contributed by atoms with van der Waals surface area (Å²) in [5, 5.41) is 26.7. The summed E-state index contributed by atoms with van der Waals surface area (Å²) in [4.78, 5) is 0. The van der Waals surface area contributed by atoms with E-state index in [0.29, 0.717) is 25.2 Å². The van der Waals surface area contributed by atoms with Crippen molar-refractivity contribution < 1.29 is 9.84 Å². The van der Waals surface area contributed by atoms with E-state index in [1.165, 1.54) is 37.8 Å². The zero-order valence-corrected chi connectivity index (χ0v) is 24.3. The number of aliphatic hydroxyl groups is 1. The number of hydrazine groups is 1. The van der Waals surface area contributed by atoms with Gasteiger partial charge in [-0.05, 0) is 75.4 Å². The molecule has 5 rings (SSSR count). The van der Waals surface area contributed by atoms with Crippen molar-refractivity contribution >= 4 is 22.9 Å². The molecular weight excluding hydrogens is 504 g/mol. The summed E-state index contributed by atoms with van der Waals surface area (Å²) in [6.07, 6.45) is 8.38. The molecule has 2 aliphatic carbocycles. The van der Waals surface area contributed by atoms with Crippen molar-refractivity contribution in [2.24, 2.45) is 22.4 Å². The number of ether oxygens (including phenoxy) is 1. The van der Waals surface area contributed by atoms with Crippen LogP contribution in [-0.4, -0.2) is 54.5 Å². The van der Waals surface area contributed by atoms with Gasteiger partial charge in [-0.2, -0.15) is 10.4 Å². The third-order valence-electron chi connectivity index (χ3n) is 6.97. The highest BCUT2D eigenvalue weighted by atomic mass is 16.5. The van der Waals surface area contributed by atoms with E-state index in [1.54, 1.807) is 0 Å². The minimum atomic E-state index is 0.372. The normalized spacial score (nSPS) is 14.2. The quantitative estimate of drug-likeness (QED) is 0.112. The summed E-state index contributed by atoms with van der Waals surface area (Å²) >= 11 is 0. The summed E-state index contributed by atoms with van der Waals surface area (Å²) in [7, 11) is 2.50. The van der Waals surface area contributed by atoms with Crippen LogP contribution in [0.1, 0.15) is 64.0 Å². The number of aromatic nitrogens is 1. The highest BCUT2D eigenvalue weighted by Crippen LogP contribution is 2.43. The second-order valence-electron chi connectivity index (χ2n) is 9.09. The number of benzene rings is 2. The smallest absolute Gasteiger partial charge is 0.121 e. The highest BCUT2D eigenvalue weighted by molar-refractivity contribution is 5.95. The third kappa shape index (κ3) is 7.66. The molecule has 10 heteroatoms. The molecule has 0 saturated heterocycles. The van der Waals surface area contributed by atoms with E-state index >= 15 is 0 Å². The summed E-state index contributed by atoms with van der Waals surface area (Å²) in [6, 6.07) is 18.0. The van der Waals surface area contributed by atoms with E-state index in [9.17, 15) is 5.26 Å². The number of aliphatic hydroxyl groups excluding tert-OH is 1. The molecule has 40 heavy (non-hydrogen) atoms. The average Bonchev–Trinajstić information content (AvgIpc) is 3.27. The van der Waals surface area contributed by atoms with Crippen LogP contribution >= 0.6 is 0 Å². The number of anilines is 1. The number of nitriles is 1. The number of hydrogen-bond donors (Lipinski definition) is 5. The molecule has 0 spiro atoms. The van der Waals surface area contributed by atoms with Crippen molar-refractivity contribution in [3.05, 3.63) is 48.0 Å². The van der Waals surface area contributed by atoms with E-state index in [1.807, 2.05) is 32.0 Å². The van der Waals surface area contributed by atoms with Gasteiger partial charge in [0.05, 0.1) is 23.3 Å². The molecule has 2 aliphatic rings. The lowest BCUT2D eigenvalue weighted by Gasteiger charge is -2.30. The first-order valence-electron chi connectivity index (χ1n) is 14.0. The van der Waals surface area contributed by atoms with Gasteiger partial charge >= 0.3 is 0 Å². The zero-order chi connectivity index (χ0) is 29.5. The lowest BCUT2D eigenvalue weighted by atomic mass is 9.92. The molecule has 0 atom stereocenters. The second-order valence-corrected chi connectivity index (χ2v) is 9.09. The second kappa shape index (κ2) is 17.0. The van der Waals surface area contributed by atoms with Gasteiger partial charge in [0.15, 0.2) is 0 Å². The van der Waals surface area contributed by atoms with Gasteiger partial charge in [0.1, 0.15) is 24.8 Å². The predicted molar refractivity (Wildman–Crippen MR) is 165 cm³/mol. The van der Waals surface area contributed by atoms with Crippen molar-refractivity contribution in [3.8, 4) is 23.1 Å². The topological polar surface area (TPSA) is 164 Å². The van der Waals surface area contributed by atoms with Gasteiger partial charge in [0.2, 0.25) is 0 Å². The SMILES string of the molecule is CC.CN.CO.N#Cc1c(-c2ccc(NC3CCC3)cc2)n(C2CCC2)c2cc(OCCN(N)/N=C\N)ccc12. The molecule has 0 unspecified atom stereocenters. The van der Waals surface area contributed by atoms with Gasteiger partial charge in [-0.1, -0.05) is 26.0 Å². The Morgan fingerprint density at radius 3 is 2.27 bits per heavy atom. The van der Waals surface area contributed by atoms with Gasteiger partial charge in [-0.15, -0.1) is 0 Å². The van der Waals surface area contributed by atoms with E-state index in [-0.39, 0.29) is 0 Å². The van der Waals surface area contributed by atoms with Crippen LogP contribution in [0.3, 0.4) is 0 Å². The maximum atomic E-state index is 10.1. The van der Waals surface area contributed by atoms with E-state index in [2.05, 4.69) is 51.1 Å². The number of nitrogens with zero attached hydrogens (tertiary/aromatic N) is 4. The molecule has 1 heterocycles. The highest BCUT2D eigenvalue weighted by Gasteiger charge is 2.28. The van der Waals surface area contributed by atoms with E-state index in [4.69, 9.17) is 21.4 Å². The molecule has 0 aliphatic heterocycles. The first-order chi connectivity index (χ1) is 19.7. The van der Waals surface area contributed by atoms with Crippen LogP contribution in [0, 0.1) is 11.3 Å². The molecule has 0 radical (unpaired) electrons. The molecular formula is C30H46N8O2. The Kier molecular flexibility index (Phi) is 13.8. The van der Waals surface area contributed by atoms with Crippen molar-refractivity contribution in [3.63, 3.8) is 0 Å². The Morgan fingerprint density at radius 1 is 1.10 bits per heavy atom. The van der Waals surface area contributed by atoms with Gasteiger partial charge in [0, 0.05) is 36.3 Å². The first-order valence-corrected chi connectivity index (χ1v) is 14.0. The minimum Gasteiger partial charge on any atom is -0.492 e. The van der Waals surface area contributed by atoms with Crippen molar-refractivity contribution in [1.29, 1.82) is 5.26 Å². The van der Waals surface area contributed by atoms with Gasteiger partial charge in [-0.25, -0.2) is 11.0 Å². The number of fused-ring (bicyclic) bond motifs is 1. The zero-order valence-electron chi connectivity index (χ0n) is 24.3. The number of nitrogens with two attached hydrogens (primary N) is 3. The fourth-order valence-corrected chi connectivity index (χ4v) is 4.71. The molecule has 0 bridgehead atoms. The maximum absolute atomic E-state index is 10.1. The first kappa shape index (κ1) is 32.4. The molecule has 2 aromatic carbocycles. The molecule has 10 nitrogen and oxygen atoms in total. The largest absolute Gasteiger partial charge is 0.492 e. The van der Waals surface area contributed by atoms with Crippen LogP contribution in [0.5, 0.6) is 5.75 Å². The van der Waals surface area contributed by atoms with E-state index in [0.717, 1.165) is 65.5 Å². The fourth-order valence-electron chi connectivity index (χ4n) is 4.71. The monoisotopic (exact) mass is 550 g/mol. The summed E-state index contributed by atoms with van der Waals surface area (Å²) < 4.78 is 8.29. The number of hydrogen-bond acceptors (Lipinski definition) is 8. The summed E-state index contributed by atoms with van der Waals surface area (Å²) in [6.45, 7) is 4.78. The van der Waals surface area contributed by atoms with Crippen LogP contribution in [0.25, 0.3) is 22.2 Å². The van der Waals surface area contributed by atoms with Crippen LogP contribution < -0.4 is 27.4 Å². The molecule has 3 aromatic rings. The lowest BCUT2D eigenvalue weighted by molar-refractivity contribution is 0.219. The lowest BCUT2D eigenvalue weighted by Crippen LogP contribution is -2.30. The van der Waals surface area contributed by atoms with Crippen LogP contribution in [0.15, 0.2) is 47.6 Å².